The van der Waals surface area contributed by atoms with Crippen LogP contribution in [0.2, 0.25) is 0 Å². The molecule has 0 saturated heterocycles. The Labute approximate surface area is 119 Å². The van der Waals surface area contributed by atoms with Gasteiger partial charge in [0.1, 0.15) is 5.52 Å². The molecule has 6 heteroatoms. The van der Waals surface area contributed by atoms with Gasteiger partial charge < -0.3 is 10.3 Å². The summed E-state index contributed by atoms with van der Waals surface area (Å²) >= 11 is 0. The molecule has 2 aromatic heterocycles. The molecule has 1 aromatic carbocycles. The van der Waals surface area contributed by atoms with Gasteiger partial charge in [-0.1, -0.05) is 18.2 Å². The van der Waals surface area contributed by atoms with E-state index in [1.54, 1.807) is 12.5 Å². The molecule has 0 amide bonds. The van der Waals surface area contributed by atoms with Gasteiger partial charge >= 0.3 is 0 Å². The molecule has 104 valence electrons. The van der Waals surface area contributed by atoms with Crippen molar-refractivity contribution in [3.8, 4) is 0 Å². The van der Waals surface area contributed by atoms with E-state index in [0.29, 0.717) is 11.7 Å². The van der Waals surface area contributed by atoms with Crippen molar-refractivity contribution in [2.75, 3.05) is 17.7 Å². The lowest BCUT2D eigenvalue weighted by atomic mass is 10.2. The predicted molar refractivity (Wildman–Crippen MR) is 83.1 cm³/mol. The third-order valence-corrected chi connectivity index (χ3v) is 4.32. The molecule has 5 nitrogen and oxygen atoms in total. The maximum absolute atomic E-state index is 11.5. The van der Waals surface area contributed by atoms with Crippen molar-refractivity contribution in [1.29, 1.82) is 0 Å². The van der Waals surface area contributed by atoms with E-state index < -0.39 is 10.8 Å². The Hall–Kier alpha value is -1.95. The molecule has 0 aliphatic carbocycles. The van der Waals surface area contributed by atoms with Gasteiger partial charge in [-0.25, -0.2) is 4.98 Å². The zero-order chi connectivity index (χ0) is 14.3. The van der Waals surface area contributed by atoms with E-state index >= 15 is 0 Å². The first kappa shape index (κ1) is 13.1. The Morgan fingerprint density at radius 2 is 2.10 bits per heavy atom. The average molecular weight is 288 g/mol. The third kappa shape index (κ3) is 2.06. The Bertz CT molecular complexity index is 811. The monoisotopic (exact) mass is 288 g/mol. The first-order chi connectivity index (χ1) is 9.58. The second-order valence-corrected chi connectivity index (χ2v) is 6.42. The zero-order valence-electron chi connectivity index (χ0n) is 11.4. The normalized spacial score (nSPS) is 14.7. The summed E-state index contributed by atoms with van der Waals surface area (Å²) < 4.78 is 13.4. The van der Waals surface area contributed by atoms with Gasteiger partial charge in [-0.2, -0.15) is 0 Å². The van der Waals surface area contributed by atoms with Crippen LogP contribution in [0.15, 0.2) is 30.5 Å². The number of fused-ring (bicyclic) bond motifs is 3. The molecule has 0 saturated carbocycles. The van der Waals surface area contributed by atoms with E-state index in [4.69, 9.17) is 5.73 Å². The van der Waals surface area contributed by atoms with Crippen molar-refractivity contribution in [3.63, 3.8) is 0 Å². The molecule has 2 N–H and O–H groups in total. The standard InChI is InChI=1S/C14H16N4OS/c1-9(8-20(2)19)18-13-10-5-3-4-6-11(10)16-7-12(13)17-14(18)15/h3-7,9H,8H2,1-2H3,(H2,15,17). The van der Waals surface area contributed by atoms with Gasteiger partial charge in [0.05, 0.1) is 17.2 Å². The van der Waals surface area contributed by atoms with Crippen LogP contribution in [0.3, 0.4) is 0 Å². The Balaban J connectivity index is 2.32. The van der Waals surface area contributed by atoms with Gasteiger partial charge in [0.15, 0.2) is 0 Å². The summed E-state index contributed by atoms with van der Waals surface area (Å²) in [6.07, 6.45) is 3.44. The average Bonchev–Trinajstić information content (AvgIpc) is 2.74. The molecule has 0 bridgehead atoms. The van der Waals surface area contributed by atoms with Crippen LogP contribution in [0, 0.1) is 0 Å². The van der Waals surface area contributed by atoms with Crippen LogP contribution >= 0.6 is 0 Å². The number of aromatic nitrogens is 3. The van der Waals surface area contributed by atoms with Crippen LogP contribution < -0.4 is 5.73 Å². The largest absolute Gasteiger partial charge is 0.369 e. The smallest absolute Gasteiger partial charge is 0.201 e. The van der Waals surface area contributed by atoms with Gasteiger partial charge in [-0.3, -0.25) is 9.19 Å². The quantitative estimate of drug-likeness (QED) is 0.801. The highest BCUT2D eigenvalue weighted by Crippen LogP contribution is 2.28. The van der Waals surface area contributed by atoms with Crippen molar-refractivity contribution in [2.45, 2.75) is 13.0 Å². The van der Waals surface area contributed by atoms with Crippen molar-refractivity contribution in [2.24, 2.45) is 0 Å². The van der Waals surface area contributed by atoms with E-state index in [0.717, 1.165) is 21.9 Å². The minimum absolute atomic E-state index is 0.0247. The lowest BCUT2D eigenvalue weighted by Gasteiger charge is -2.15. The minimum atomic E-state index is -0.885. The third-order valence-electron chi connectivity index (χ3n) is 3.37. The molecular weight excluding hydrogens is 272 g/mol. The van der Waals surface area contributed by atoms with E-state index in [1.807, 2.05) is 35.8 Å². The number of benzene rings is 1. The van der Waals surface area contributed by atoms with Crippen LogP contribution in [0.25, 0.3) is 21.9 Å². The topological polar surface area (TPSA) is 73.8 Å². The Morgan fingerprint density at radius 1 is 1.35 bits per heavy atom. The summed E-state index contributed by atoms with van der Waals surface area (Å²) in [5, 5.41) is 1.02. The molecule has 2 unspecified atom stereocenters. The fraction of sp³-hybridized carbons (Fsp3) is 0.286. The maximum atomic E-state index is 11.5. The van der Waals surface area contributed by atoms with Crippen LogP contribution in [-0.4, -0.2) is 30.8 Å². The number of nitrogens with zero attached hydrogens (tertiary/aromatic N) is 3. The van der Waals surface area contributed by atoms with Gasteiger partial charge in [0.25, 0.3) is 0 Å². The predicted octanol–water partition coefficient (Wildman–Crippen LogP) is 2.11. The van der Waals surface area contributed by atoms with E-state index in [1.165, 1.54) is 0 Å². The maximum Gasteiger partial charge on any atom is 0.201 e. The van der Waals surface area contributed by atoms with E-state index in [2.05, 4.69) is 9.97 Å². The molecule has 3 rings (SSSR count). The van der Waals surface area contributed by atoms with Crippen LogP contribution in [0.4, 0.5) is 5.95 Å². The van der Waals surface area contributed by atoms with Gasteiger partial charge in [0, 0.05) is 34.2 Å². The Morgan fingerprint density at radius 3 is 2.85 bits per heavy atom. The molecule has 3 aromatic rings. The summed E-state index contributed by atoms with van der Waals surface area (Å²) in [6.45, 7) is 2.01. The summed E-state index contributed by atoms with van der Waals surface area (Å²) in [4.78, 5) is 8.76. The van der Waals surface area contributed by atoms with Crippen LogP contribution in [0.5, 0.6) is 0 Å². The van der Waals surface area contributed by atoms with Crippen molar-refractivity contribution in [1.82, 2.24) is 14.5 Å². The van der Waals surface area contributed by atoms with Crippen LogP contribution in [0.1, 0.15) is 13.0 Å². The number of para-hydroxylation sites is 1. The summed E-state index contributed by atoms with van der Waals surface area (Å²) in [6, 6.07) is 7.93. The molecule has 0 fully saturated rings. The van der Waals surface area contributed by atoms with Crippen molar-refractivity contribution < 1.29 is 4.21 Å². The molecule has 20 heavy (non-hydrogen) atoms. The summed E-state index contributed by atoms with van der Waals surface area (Å²) in [7, 11) is -0.885. The van der Waals surface area contributed by atoms with Crippen molar-refractivity contribution >= 4 is 38.7 Å². The lowest BCUT2D eigenvalue weighted by Crippen LogP contribution is -2.15. The second-order valence-electron chi connectivity index (χ2n) is 4.94. The Kier molecular flexibility index (Phi) is 3.17. The summed E-state index contributed by atoms with van der Waals surface area (Å²) in [5.41, 5.74) is 8.69. The molecule has 0 radical (unpaired) electrons. The highest BCUT2D eigenvalue weighted by Gasteiger charge is 2.17. The van der Waals surface area contributed by atoms with E-state index in [9.17, 15) is 4.21 Å². The van der Waals surface area contributed by atoms with Gasteiger partial charge in [0.2, 0.25) is 5.95 Å². The lowest BCUT2D eigenvalue weighted by molar-refractivity contribution is 0.620. The van der Waals surface area contributed by atoms with Gasteiger partial charge in [-0.15, -0.1) is 0 Å². The number of nitrogens with two attached hydrogens (primary N) is 1. The number of pyridine rings is 1. The molecule has 2 heterocycles. The zero-order valence-corrected chi connectivity index (χ0v) is 12.2. The number of hydrogen-bond acceptors (Lipinski definition) is 4. The SMILES string of the molecule is CC(CS(C)=O)n1c(N)nc2cnc3ccccc3c21. The fourth-order valence-electron chi connectivity index (χ4n) is 2.60. The molecular formula is C14H16N4OS. The number of nitrogen functional groups attached to an aromatic ring is 1. The molecule has 0 spiro atoms. The second kappa shape index (κ2) is 4.86. The first-order valence-corrected chi connectivity index (χ1v) is 8.12. The molecule has 0 aliphatic heterocycles. The molecule has 0 aliphatic rings. The number of anilines is 1. The highest BCUT2D eigenvalue weighted by molar-refractivity contribution is 7.84. The highest BCUT2D eigenvalue weighted by atomic mass is 32.2. The number of hydrogen-bond donors (Lipinski definition) is 1. The fourth-order valence-corrected chi connectivity index (χ4v) is 3.43. The van der Waals surface area contributed by atoms with Crippen LogP contribution in [-0.2, 0) is 10.8 Å². The number of rotatable bonds is 3. The first-order valence-electron chi connectivity index (χ1n) is 6.39. The van der Waals surface area contributed by atoms with Crippen molar-refractivity contribution in [3.05, 3.63) is 30.5 Å². The van der Waals surface area contributed by atoms with Gasteiger partial charge in [-0.05, 0) is 13.0 Å². The van der Waals surface area contributed by atoms with E-state index in [-0.39, 0.29) is 6.04 Å². The number of imidazole rings is 1. The molecule has 2 atom stereocenters. The minimum Gasteiger partial charge on any atom is -0.369 e. The summed E-state index contributed by atoms with van der Waals surface area (Å²) in [5.74, 6) is 0.989.